The Labute approximate surface area is 375 Å². The Hall–Kier alpha value is -7.98. The Kier molecular flexibility index (Phi) is 8.34. The fourth-order valence-electron chi connectivity index (χ4n) is 10.6. The van der Waals surface area contributed by atoms with Crippen LogP contribution in [-0.4, -0.2) is 0 Å². The average molecular weight is 834 g/mol. The number of nitrogens with zero attached hydrogens (tertiary/aromatic N) is 1. The van der Waals surface area contributed by atoms with Gasteiger partial charge in [0, 0.05) is 53.4 Å². The molecule has 2 aromatic heterocycles. The molecule has 0 radical (unpaired) electrons. The second-order valence-corrected chi connectivity index (χ2v) is 17.8. The molecule has 64 heavy (non-hydrogen) atoms. The molecule has 0 saturated carbocycles. The summed E-state index contributed by atoms with van der Waals surface area (Å²) in [6.07, 6.45) is 0. The molecule has 0 atom stereocenters. The van der Waals surface area contributed by atoms with E-state index >= 15 is 0 Å². The number of benzene rings is 10. The fraction of sp³-hybridized carbons (Fsp3) is 0.0164. The summed E-state index contributed by atoms with van der Waals surface area (Å²) in [6, 6.07) is 86.5. The molecule has 1 aliphatic rings. The highest BCUT2D eigenvalue weighted by Gasteiger charge is 2.47. The molecule has 0 saturated heterocycles. The Morgan fingerprint density at radius 2 is 0.938 bits per heavy atom. The lowest BCUT2D eigenvalue weighted by Gasteiger charge is -2.34. The van der Waals surface area contributed by atoms with E-state index < -0.39 is 5.41 Å². The van der Waals surface area contributed by atoms with E-state index in [2.05, 4.69) is 235 Å². The maximum absolute atomic E-state index is 6.51. The number of rotatable bonds is 7. The summed E-state index contributed by atoms with van der Waals surface area (Å²) >= 11 is 1.86. The maximum Gasteiger partial charge on any atom is 0.143 e. The van der Waals surface area contributed by atoms with Crippen molar-refractivity contribution in [2.24, 2.45) is 0 Å². The smallest absolute Gasteiger partial charge is 0.143 e. The summed E-state index contributed by atoms with van der Waals surface area (Å²) in [7, 11) is 0. The van der Waals surface area contributed by atoms with Gasteiger partial charge in [0.1, 0.15) is 11.2 Å². The van der Waals surface area contributed by atoms with Crippen molar-refractivity contribution in [1.82, 2.24) is 0 Å². The highest BCUT2D eigenvalue weighted by molar-refractivity contribution is 7.25. The summed E-state index contributed by atoms with van der Waals surface area (Å²) in [4.78, 5) is 2.45. The van der Waals surface area contributed by atoms with Crippen LogP contribution in [0.4, 0.5) is 17.1 Å². The topological polar surface area (TPSA) is 16.4 Å². The molecule has 0 spiro atoms. The van der Waals surface area contributed by atoms with Crippen molar-refractivity contribution in [2.45, 2.75) is 5.41 Å². The van der Waals surface area contributed by atoms with E-state index in [1.54, 1.807) is 0 Å². The summed E-state index contributed by atoms with van der Waals surface area (Å²) < 4.78 is 9.14. The number of furan rings is 1. The molecule has 0 aliphatic heterocycles. The second-order valence-electron chi connectivity index (χ2n) is 16.7. The van der Waals surface area contributed by atoms with Gasteiger partial charge < -0.3 is 9.32 Å². The molecule has 12 aromatic rings. The number of anilines is 3. The van der Waals surface area contributed by atoms with E-state index in [9.17, 15) is 0 Å². The molecule has 0 unspecified atom stereocenters. The number of fused-ring (bicyclic) bond motifs is 9. The molecule has 300 valence electrons. The van der Waals surface area contributed by atoms with E-state index in [-0.39, 0.29) is 0 Å². The molecular weight excluding hydrogens is 795 g/mol. The lowest BCUT2D eigenvalue weighted by molar-refractivity contribution is 0.670. The van der Waals surface area contributed by atoms with E-state index in [0.717, 1.165) is 50.1 Å². The third-order valence-corrected chi connectivity index (χ3v) is 14.5. The maximum atomic E-state index is 6.51. The van der Waals surface area contributed by atoms with Crippen molar-refractivity contribution in [3.05, 3.63) is 259 Å². The van der Waals surface area contributed by atoms with Crippen molar-refractivity contribution >= 4 is 70.5 Å². The number of hydrogen-bond donors (Lipinski definition) is 0. The predicted molar refractivity (Wildman–Crippen MR) is 269 cm³/mol. The third kappa shape index (κ3) is 5.51. The standard InChI is InChI=1S/C61H39NOS/c1-3-15-43(16-4-1)61(44-17-5-2-6-18-44)53-24-10-7-21-52(53)59-54(61)25-14-26-55(59)62(45-34-29-40(30-35-45)42-33-38-50-49-20-9-12-28-57(49)64-58(50)39-42)46-36-31-41(32-37-46)47-22-13-23-51-48-19-8-11-27-56(48)63-60(47)51/h1-39H. The molecule has 0 fully saturated rings. The van der Waals surface area contributed by atoms with Gasteiger partial charge in [0.2, 0.25) is 0 Å². The van der Waals surface area contributed by atoms with Gasteiger partial charge in [0.15, 0.2) is 0 Å². The van der Waals surface area contributed by atoms with E-state index in [1.807, 2.05) is 17.4 Å². The van der Waals surface area contributed by atoms with Crippen molar-refractivity contribution in [3.8, 4) is 33.4 Å². The van der Waals surface area contributed by atoms with Crippen LogP contribution in [0, 0.1) is 0 Å². The number of hydrogen-bond acceptors (Lipinski definition) is 3. The summed E-state index contributed by atoms with van der Waals surface area (Å²) in [5, 5.41) is 4.90. The summed E-state index contributed by atoms with van der Waals surface area (Å²) in [5.41, 5.74) is 16.7. The van der Waals surface area contributed by atoms with Gasteiger partial charge in [-0.3, -0.25) is 0 Å². The van der Waals surface area contributed by atoms with Gasteiger partial charge in [-0.2, -0.15) is 0 Å². The minimum absolute atomic E-state index is 0.514. The third-order valence-electron chi connectivity index (χ3n) is 13.4. The monoisotopic (exact) mass is 833 g/mol. The van der Waals surface area contributed by atoms with Gasteiger partial charge >= 0.3 is 0 Å². The van der Waals surface area contributed by atoms with Crippen LogP contribution in [-0.2, 0) is 5.41 Å². The van der Waals surface area contributed by atoms with E-state index in [4.69, 9.17) is 4.42 Å². The zero-order valence-corrected chi connectivity index (χ0v) is 35.6. The first-order valence-corrected chi connectivity index (χ1v) is 22.7. The first-order chi connectivity index (χ1) is 31.7. The van der Waals surface area contributed by atoms with Gasteiger partial charge in [-0.15, -0.1) is 11.3 Å². The molecule has 3 heteroatoms. The van der Waals surface area contributed by atoms with Gasteiger partial charge in [-0.25, -0.2) is 0 Å². The minimum atomic E-state index is -0.514. The largest absolute Gasteiger partial charge is 0.455 e. The predicted octanol–water partition coefficient (Wildman–Crippen LogP) is 17.1. The Morgan fingerprint density at radius 3 is 1.70 bits per heavy atom. The highest BCUT2D eigenvalue weighted by Crippen LogP contribution is 2.59. The van der Waals surface area contributed by atoms with Crippen molar-refractivity contribution in [3.63, 3.8) is 0 Å². The number of para-hydroxylation sites is 2. The van der Waals surface area contributed by atoms with Gasteiger partial charge in [0.25, 0.3) is 0 Å². The van der Waals surface area contributed by atoms with Crippen LogP contribution in [0.3, 0.4) is 0 Å². The van der Waals surface area contributed by atoms with Crippen LogP contribution in [0.25, 0.3) is 75.5 Å². The Morgan fingerprint density at radius 1 is 0.375 bits per heavy atom. The van der Waals surface area contributed by atoms with Gasteiger partial charge in [-0.05, 0) is 93.0 Å². The van der Waals surface area contributed by atoms with Crippen LogP contribution >= 0.6 is 11.3 Å². The highest BCUT2D eigenvalue weighted by atomic mass is 32.1. The van der Waals surface area contributed by atoms with Gasteiger partial charge in [0.05, 0.1) is 11.1 Å². The van der Waals surface area contributed by atoms with Crippen molar-refractivity contribution in [2.75, 3.05) is 4.90 Å². The van der Waals surface area contributed by atoms with Crippen molar-refractivity contribution in [1.29, 1.82) is 0 Å². The molecule has 13 rings (SSSR count). The second kappa shape index (κ2) is 14.6. The van der Waals surface area contributed by atoms with Crippen LogP contribution < -0.4 is 4.90 Å². The van der Waals surface area contributed by atoms with Crippen LogP contribution in [0.15, 0.2) is 241 Å². The van der Waals surface area contributed by atoms with Crippen LogP contribution in [0.2, 0.25) is 0 Å². The molecule has 0 N–H and O–H groups in total. The summed E-state index contributed by atoms with van der Waals surface area (Å²) in [5.74, 6) is 0. The minimum Gasteiger partial charge on any atom is -0.455 e. The zero-order valence-electron chi connectivity index (χ0n) is 34.8. The Bertz CT molecular complexity index is 3670. The van der Waals surface area contributed by atoms with E-state index in [0.29, 0.717) is 0 Å². The van der Waals surface area contributed by atoms with Crippen molar-refractivity contribution < 1.29 is 4.42 Å². The lowest BCUT2D eigenvalue weighted by Crippen LogP contribution is -2.28. The van der Waals surface area contributed by atoms with Gasteiger partial charge in [-0.1, -0.05) is 188 Å². The first-order valence-electron chi connectivity index (χ1n) is 21.9. The SMILES string of the molecule is c1ccc(C2(c3ccccc3)c3ccccc3-c3c(N(c4ccc(-c5ccc6c(c5)sc5ccccc56)cc4)c4ccc(-c5cccc6c5oc5ccccc56)cc4)cccc32)cc1. The van der Waals surface area contributed by atoms with Crippen LogP contribution in [0.5, 0.6) is 0 Å². The molecular formula is C61H39NOS. The lowest BCUT2D eigenvalue weighted by atomic mass is 9.68. The zero-order chi connectivity index (χ0) is 42.2. The Balaban J connectivity index is 1.00. The number of thiophene rings is 1. The van der Waals surface area contributed by atoms with E-state index in [1.165, 1.54) is 64.7 Å². The fourth-order valence-corrected chi connectivity index (χ4v) is 11.7. The average Bonchev–Trinajstić information content (AvgIpc) is 4.04. The molecule has 1 aliphatic carbocycles. The normalized spacial score (nSPS) is 12.8. The first kappa shape index (κ1) is 36.7. The molecule has 2 nitrogen and oxygen atoms in total. The molecule has 0 amide bonds. The quantitative estimate of drug-likeness (QED) is 0.159. The molecule has 0 bridgehead atoms. The molecule has 10 aromatic carbocycles. The molecule has 2 heterocycles. The summed E-state index contributed by atoms with van der Waals surface area (Å²) in [6.45, 7) is 0. The van der Waals surface area contributed by atoms with Crippen LogP contribution in [0.1, 0.15) is 22.3 Å².